The minimum atomic E-state index is -0.262. The number of nitrogens with one attached hydrogen (secondary N) is 1. The molecule has 21 heavy (non-hydrogen) atoms. The molecule has 0 bridgehead atoms. The van der Waals surface area contributed by atoms with Crippen LogP contribution in [0.5, 0.6) is 17.4 Å². The van der Waals surface area contributed by atoms with Gasteiger partial charge in [-0.2, -0.15) is 0 Å². The zero-order valence-corrected chi connectivity index (χ0v) is 11.3. The average molecular weight is 282 g/mol. The largest absolute Gasteiger partial charge is 0.484 e. The summed E-state index contributed by atoms with van der Waals surface area (Å²) in [5, 5.41) is 2.51. The van der Waals surface area contributed by atoms with Gasteiger partial charge in [0.2, 0.25) is 5.88 Å². The van der Waals surface area contributed by atoms with Crippen LogP contribution in [0, 0.1) is 12.3 Å². The fourth-order valence-corrected chi connectivity index (χ4v) is 1.48. The molecule has 0 aliphatic heterocycles. The first-order chi connectivity index (χ1) is 10.3. The maximum absolute atomic E-state index is 11.3. The number of ether oxygens (including phenoxy) is 2. The Kier molecular flexibility index (Phi) is 5.18. The van der Waals surface area contributed by atoms with Gasteiger partial charge in [-0.25, -0.2) is 4.98 Å². The molecule has 0 radical (unpaired) electrons. The lowest BCUT2D eigenvalue weighted by Crippen LogP contribution is -2.28. The lowest BCUT2D eigenvalue weighted by molar-refractivity contribution is -0.122. The van der Waals surface area contributed by atoms with Gasteiger partial charge in [-0.3, -0.25) is 4.79 Å². The summed E-state index contributed by atoms with van der Waals surface area (Å²) in [5.74, 6) is 3.77. The van der Waals surface area contributed by atoms with Gasteiger partial charge in [0.05, 0.1) is 6.54 Å². The van der Waals surface area contributed by atoms with Crippen molar-refractivity contribution in [3.05, 3.63) is 48.7 Å². The maximum atomic E-state index is 11.3. The third-order valence-corrected chi connectivity index (χ3v) is 2.44. The number of hydrogen-bond donors (Lipinski definition) is 1. The smallest absolute Gasteiger partial charge is 0.258 e. The van der Waals surface area contributed by atoms with Crippen LogP contribution < -0.4 is 14.8 Å². The predicted molar refractivity (Wildman–Crippen MR) is 78.1 cm³/mol. The van der Waals surface area contributed by atoms with Gasteiger partial charge in [-0.05, 0) is 30.3 Å². The van der Waals surface area contributed by atoms with Crippen molar-refractivity contribution >= 4 is 5.91 Å². The number of pyridine rings is 1. The van der Waals surface area contributed by atoms with Gasteiger partial charge in [0.1, 0.15) is 11.5 Å². The van der Waals surface area contributed by atoms with E-state index in [2.05, 4.69) is 16.2 Å². The van der Waals surface area contributed by atoms with Crippen LogP contribution in [-0.2, 0) is 4.79 Å². The van der Waals surface area contributed by atoms with Gasteiger partial charge in [0, 0.05) is 12.3 Å². The molecule has 1 aromatic carbocycles. The summed E-state index contributed by atoms with van der Waals surface area (Å²) in [6.07, 6.45) is 6.69. The molecule has 0 saturated carbocycles. The van der Waals surface area contributed by atoms with Crippen molar-refractivity contribution in [2.75, 3.05) is 13.2 Å². The summed E-state index contributed by atoms with van der Waals surface area (Å²) < 4.78 is 10.9. The summed E-state index contributed by atoms with van der Waals surface area (Å²) in [4.78, 5) is 15.4. The molecular weight excluding hydrogens is 268 g/mol. The number of nitrogens with zero attached hydrogens (tertiary/aromatic N) is 1. The highest BCUT2D eigenvalue weighted by molar-refractivity contribution is 5.77. The van der Waals surface area contributed by atoms with Crippen LogP contribution in [0.25, 0.3) is 0 Å². The molecule has 2 aromatic rings. The van der Waals surface area contributed by atoms with E-state index in [-0.39, 0.29) is 19.1 Å². The zero-order chi connectivity index (χ0) is 14.9. The number of hydrogen-bond acceptors (Lipinski definition) is 4. The number of amides is 1. The van der Waals surface area contributed by atoms with E-state index in [1.54, 1.807) is 36.5 Å². The summed E-state index contributed by atoms with van der Waals surface area (Å²) in [6, 6.07) is 12.3. The summed E-state index contributed by atoms with van der Waals surface area (Å²) in [6.45, 7) is 0.112. The predicted octanol–water partition coefficient (Wildman–Crippen LogP) is 2.00. The topological polar surface area (TPSA) is 60.5 Å². The molecule has 0 unspecified atom stereocenters. The van der Waals surface area contributed by atoms with Gasteiger partial charge in [0.25, 0.3) is 5.91 Å². The van der Waals surface area contributed by atoms with Crippen molar-refractivity contribution in [3.63, 3.8) is 0 Å². The molecule has 0 saturated heterocycles. The van der Waals surface area contributed by atoms with Crippen molar-refractivity contribution in [1.82, 2.24) is 10.3 Å². The Morgan fingerprint density at radius 2 is 1.95 bits per heavy atom. The Bertz CT molecular complexity index is 618. The van der Waals surface area contributed by atoms with Gasteiger partial charge < -0.3 is 14.8 Å². The van der Waals surface area contributed by atoms with E-state index in [9.17, 15) is 4.79 Å². The highest BCUT2D eigenvalue weighted by Gasteiger charge is 2.02. The lowest BCUT2D eigenvalue weighted by atomic mass is 10.3. The summed E-state index contributed by atoms with van der Waals surface area (Å²) >= 11 is 0. The molecule has 0 fully saturated rings. The molecule has 2 rings (SSSR count). The first-order valence-electron chi connectivity index (χ1n) is 6.30. The fraction of sp³-hybridized carbons (Fsp3) is 0.125. The Hall–Kier alpha value is -3.00. The highest BCUT2D eigenvalue weighted by atomic mass is 16.5. The second-order valence-electron chi connectivity index (χ2n) is 4.01. The van der Waals surface area contributed by atoms with Crippen molar-refractivity contribution < 1.29 is 14.3 Å². The molecular formula is C16H14N2O3. The molecule has 0 aliphatic carbocycles. The molecule has 1 N–H and O–H groups in total. The van der Waals surface area contributed by atoms with Gasteiger partial charge >= 0.3 is 0 Å². The van der Waals surface area contributed by atoms with E-state index < -0.39 is 0 Å². The number of carbonyl (C=O) groups is 1. The number of terminal acetylenes is 1. The van der Waals surface area contributed by atoms with E-state index in [1.165, 1.54) is 0 Å². The molecule has 1 aromatic heterocycles. The number of rotatable bonds is 6. The normalized spacial score (nSPS) is 9.48. The minimum Gasteiger partial charge on any atom is -0.484 e. The first-order valence-corrected chi connectivity index (χ1v) is 6.30. The third-order valence-electron chi connectivity index (χ3n) is 2.44. The van der Waals surface area contributed by atoms with Crippen LogP contribution >= 0.6 is 0 Å². The van der Waals surface area contributed by atoms with Crippen LogP contribution in [0.3, 0.4) is 0 Å². The van der Waals surface area contributed by atoms with Crippen molar-refractivity contribution in [1.29, 1.82) is 0 Å². The van der Waals surface area contributed by atoms with Crippen LogP contribution in [0.1, 0.15) is 0 Å². The number of carbonyl (C=O) groups excluding carboxylic acids is 1. The average Bonchev–Trinajstić information content (AvgIpc) is 2.53. The standard InChI is InChI=1S/C16H14N2O3/c1-2-10-17-15(19)12-20-13-6-8-14(9-7-13)21-16-5-3-4-11-18-16/h1,3-9,11H,10,12H2,(H,17,19). The Balaban J connectivity index is 1.85. The van der Waals surface area contributed by atoms with Crippen molar-refractivity contribution in [2.45, 2.75) is 0 Å². The highest BCUT2D eigenvalue weighted by Crippen LogP contribution is 2.21. The SMILES string of the molecule is C#CCNC(=O)COc1ccc(Oc2ccccn2)cc1. The number of benzene rings is 1. The summed E-state index contributed by atoms with van der Waals surface area (Å²) in [7, 11) is 0. The molecule has 1 amide bonds. The minimum absolute atomic E-state index is 0.0812. The Labute approximate surface area is 122 Å². The lowest BCUT2D eigenvalue weighted by Gasteiger charge is -2.07. The quantitative estimate of drug-likeness (QED) is 0.823. The van der Waals surface area contributed by atoms with Crippen molar-refractivity contribution in [2.24, 2.45) is 0 Å². The van der Waals surface area contributed by atoms with Crippen molar-refractivity contribution in [3.8, 4) is 29.7 Å². The Morgan fingerprint density at radius 3 is 2.62 bits per heavy atom. The molecule has 0 atom stereocenters. The molecule has 0 aliphatic rings. The van der Waals surface area contributed by atoms with Crippen LogP contribution in [-0.4, -0.2) is 24.0 Å². The van der Waals surface area contributed by atoms with E-state index in [4.69, 9.17) is 15.9 Å². The molecule has 5 nitrogen and oxygen atoms in total. The summed E-state index contributed by atoms with van der Waals surface area (Å²) in [5.41, 5.74) is 0. The van der Waals surface area contributed by atoms with Crippen LogP contribution in [0.15, 0.2) is 48.7 Å². The van der Waals surface area contributed by atoms with E-state index in [1.807, 2.05) is 12.1 Å². The Morgan fingerprint density at radius 1 is 1.19 bits per heavy atom. The monoisotopic (exact) mass is 282 g/mol. The van der Waals surface area contributed by atoms with Crippen LogP contribution in [0.2, 0.25) is 0 Å². The third kappa shape index (κ3) is 4.88. The maximum Gasteiger partial charge on any atom is 0.258 e. The fourth-order valence-electron chi connectivity index (χ4n) is 1.48. The molecule has 5 heteroatoms. The number of aromatic nitrogens is 1. The van der Waals surface area contributed by atoms with Gasteiger partial charge in [-0.15, -0.1) is 6.42 Å². The molecule has 0 spiro atoms. The zero-order valence-electron chi connectivity index (χ0n) is 11.3. The molecule has 1 heterocycles. The van der Waals surface area contributed by atoms with Gasteiger partial charge in [0.15, 0.2) is 6.61 Å². The van der Waals surface area contributed by atoms with E-state index in [0.717, 1.165) is 0 Å². The van der Waals surface area contributed by atoms with Gasteiger partial charge in [-0.1, -0.05) is 12.0 Å². The van der Waals surface area contributed by atoms with E-state index >= 15 is 0 Å². The van der Waals surface area contributed by atoms with Crippen LogP contribution in [0.4, 0.5) is 0 Å². The second-order valence-corrected chi connectivity index (χ2v) is 4.01. The van der Waals surface area contributed by atoms with E-state index in [0.29, 0.717) is 17.4 Å². The first kappa shape index (κ1) is 14.4. The molecule has 106 valence electrons. The second kappa shape index (κ2) is 7.56.